The Morgan fingerprint density at radius 2 is 1.76 bits per heavy atom. The van der Waals surface area contributed by atoms with Crippen molar-refractivity contribution in [3.8, 4) is 5.75 Å². The average molecular weight is 604 g/mol. The molecule has 228 valence electrons. The van der Waals surface area contributed by atoms with Crippen molar-refractivity contribution in [2.75, 3.05) is 46.2 Å². The quantitative estimate of drug-likeness (QED) is 0.189. The molecule has 3 aliphatic carbocycles. The maximum atomic E-state index is 14.4. The molecule has 0 radical (unpaired) electrons. The zero-order chi connectivity index (χ0) is 31.3. The number of thioether (sulfide) groups is 1. The van der Waals surface area contributed by atoms with Gasteiger partial charge in [-0.05, 0) is 39.8 Å². The number of carbonyl (C=O) groups is 6. The molecular formula is C29H37N3O9S. The van der Waals surface area contributed by atoms with E-state index in [9.17, 15) is 39.0 Å². The van der Waals surface area contributed by atoms with Crippen molar-refractivity contribution in [2.24, 2.45) is 29.4 Å². The third-order valence-corrected chi connectivity index (χ3v) is 9.72. The number of fused-ring (bicyclic) bond motifs is 3. The lowest BCUT2D eigenvalue weighted by molar-refractivity contribution is -0.205. The highest BCUT2D eigenvalue weighted by molar-refractivity contribution is 7.99. The normalized spacial score (nSPS) is 32.4. The summed E-state index contributed by atoms with van der Waals surface area (Å²) in [5, 5.41) is 22.8. The van der Waals surface area contributed by atoms with Crippen LogP contribution in [0.15, 0.2) is 18.2 Å². The van der Waals surface area contributed by atoms with E-state index in [-0.39, 0.29) is 17.7 Å². The van der Waals surface area contributed by atoms with Crippen LogP contribution >= 0.6 is 11.8 Å². The van der Waals surface area contributed by atoms with Crippen LogP contribution < -0.4 is 5.73 Å². The highest BCUT2D eigenvalue weighted by atomic mass is 32.2. The fourth-order valence-corrected chi connectivity index (χ4v) is 8.09. The standard InChI is InChI=1S/C29H37N3O9S/c1-6-16(34)41-25-18-14(12-42-11-10-31(2)3)13-8-7-9-15(33)17(13)23(35)19(18)26(37)29(40)21(25)22(32(4)5)24(36)20(27(29)38)28(30)39/h7-9,14,18-22,25,33,40H,6,10-12H2,1-5H3,(H2,30,39)/t14-,18+,19?,20?,21+,22-,25-,29-/m0/s1. The number of rotatable bonds is 9. The number of phenolic OH excluding ortho intramolecular Hbond substituents is 1. The van der Waals surface area contributed by atoms with Crippen LogP contribution in [-0.4, -0.2) is 119 Å². The number of likely N-dealkylation sites (N-methyl/N-ethyl adjacent to an activating group) is 1. The second-order valence-electron chi connectivity index (χ2n) is 11.6. The number of Topliss-reactive ketones (excluding diaryl/α,β-unsaturated/α-hetero) is 4. The minimum absolute atomic E-state index is 0.0982. The highest BCUT2D eigenvalue weighted by Gasteiger charge is 2.74. The van der Waals surface area contributed by atoms with Crippen LogP contribution in [0.4, 0.5) is 0 Å². The van der Waals surface area contributed by atoms with Crippen LogP contribution in [0, 0.1) is 23.7 Å². The zero-order valence-electron chi connectivity index (χ0n) is 24.2. The van der Waals surface area contributed by atoms with E-state index in [0.29, 0.717) is 17.1 Å². The number of benzene rings is 1. The van der Waals surface area contributed by atoms with Crippen molar-refractivity contribution in [2.45, 2.75) is 37.0 Å². The zero-order valence-corrected chi connectivity index (χ0v) is 25.1. The number of amides is 1. The summed E-state index contributed by atoms with van der Waals surface area (Å²) in [6, 6.07) is 3.12. The summed E-state index contributed by atoms with van der Waals surface area (Å²) in [4.78, 5) is 84.3. The summed E-state index contributed by atoms with van der Waals surface area (Å²) in [7, 11) is 6.78. The molecule has 8 atom stereocenters. The molecule has 0 bridgehead atoms. The van der Waals surface area contributed by atoms with Gasteiger partial charge in [0, 0.05) is 36.3 Å². The van der Waals surface area contributed by atoms with Gasteiger partial charge in [0.25, 0.3) is 0 Å². The van der Waals surface area contributed by atoms with E-state index < -0.39 is 82.3 Å². The molecule has 1 amide bonds. The molecule has 2 saturated carbocycles. The first kappa shape index (κ1) is 31.8. The number of phenols is 1. The molecule has 0 aromatic heterocycles. The van der Waals surface area contributed by atoms with Crippen molar-refractivity contribution in [1.82, 2.24) is 9.80 Å². The summed E-state index contributed by atoms with van der Waals surface area (Å²) in [6.45, 7) is 2.27. The Balaban J connectivity index is 1.98. The Kier molecular flexibility index (Phi) is 8.98. The molecule has 42 heavy (non-hydrogen) atoms. The molecule has 2 fully saturated rings. The first-order valence-corrected chi connectivity index (χ1v) is 14.9. The van der Waals surface area contributed by atoms with Crippen LogP contribution in [0.2, 0.25) is 0 Å². The summed E-state index contributed by atoms with van der Waals surface area (Å²) >= 11 is 1.53. The molecular weight excluding hydrogens is 566 g/mol. The monoisotopic (exact) mass is 603 g/mol. The van der Waals surface area contributed by atoms with Gasteiger partial charge in [0.15, 0.2) is 34.7 Å². The summed E-state index contributed by atoms with van der Waals surface area (Å²) in [6.07, 6.45) is -1.54. The minimum atomic E-state index is -3.04. The maximum Gasteiger partial charge on any atom is 0.305 e. The Labute approximate surface area is 247 Å². The molecule has 0 aliphatic heterocycles. The van der Waals surface area contributed by atoms with E-state index in [0.717, 1.165) is 6.54 Å². The number of primary amides is 1. The lowest BCUT2D eigenvalue weighted by atomic mass is 9.49. The second kappa shape index (κ2) is 11.9. The lowest BCUT2D eigenvalue weighted by Gasteiger charge is -2.57. The summed E-state index contributed by atoms with van der Waals surface area (Å²) in [5.74, 6) is -13.0. The molecule has 0 saturated heterocycles. The molecule has 4 N–H and O–H groups in total. The van der Waals surface area contributed by atoms with Gasteiger partial charge >= 0.3 is 5.97 Å². The molecule has 0 heterocycles. The average Bonchev–Trinajstić information content (AvgIpc) is 2.90. The third-order valence-electron chi connectivity index (χ3n) is 8.66. The number of ketones is 4. The van der Waals surface area contributed by atoms with Crippen molar-refractivity contribution >= 4 is 46.8 Å². The van der Waals surface area contributed by atoms with Crippen LogP contribution in [0.3, 0.4) is 0 Å². The first-order chi connectivity index (χ1) is 19.7. The SMILES string of the molecule is CCC(=O)O[C@H]1[C@H]2C(C(=O)c3c(O)cccc3[C@@H]2CSCCN(C)C)C(=O)[C@]2(O)C(=O)C(C(N)=O)C(=O)[C@@H](N(C)C)[C@H]12. The molecule has 3 aliphatic rings. The number of esters is 1. The van der Waals surface area contributed by atoms with Gasteiger partial charge in [-0.25, -0.2) is 0 Å². The van der Waals surface area contributed by atoms with E-state index in [2.05, 4.69) is 0 Å². The molecule has 4 rings (SSSR count). The van der Waals surface area contributed by atoms with Gasteiger partial charge in [0.05, 0.1) is 23.4 Å². The lowest BCUT2D eigenvalue weighted by Crippen LogP contribution is -2.78. The molecule has 0 spiro atoms. The Morgan fingerprint density at radius 1 is 1.10 bits per heavy atom. The number of ether oxygens (including phenoxy) is 1. The van der Waals surface area contributed by atoms with Gasteiger partial charge < -0.3 is 25.6 Å². The number of nitrogens with two attached hydrogens (primary N) is 1. The Morgan fingerprint density at radius 3 is 2.33 bits per heavy atom. The topological polar surface area (TPSA) is 185 Å². The van der Waals surface area contributed by atoms with E-state index in [1.165, 1.54) is 43.7 Å². The molecule has 13 heteroatoms. The Hall–Kier alpha value is -3.13. The summed E-state index contributed by atoms with van der Waals surface area (Å²) < 4.78 is 5.90. The summed E-state index contributed by atoms with van der Waals surface area (Å²) in [5.41, 5.74) is 2.71. The van der Waals surface area contributed by atoms with Crippen molar-refractivity contribution in [3.05, 3.63) is 29.3 Å². The van der Waals surface area contributed by atoms with E-state index in [4.69, 9.17) is 10.5 Å². The van der Waals surface area contributed by atoms with Crippen LogP contribution in [0.5, 0.6) is 5.75 Å². The smallest absolute Gasteiger partial charge is 0.305 e. The van der Waals surface area contributed by atoms with Crippen molar-refractivity contribution < 1.29 is 43.7 Å². The van der Waals surface area contributed by atoms with E-state index in [1.54, 1.807) is 12.1 Å². The first-order valence-electron chi connectivity index (χ1n) is 13.8. The van der Waals surface area contributed by atoms with Gasteiger partial charge in [-0.1, -0.05) is 19.1 Å². The number of carbonyl (C=O) groups excluding carboxylic acids is 6. The highest BCUT2D eigenvalue weighted by Crippen LogP contribution is 2.56. The van der Waals surface area contributed by atoms with Gasteiger partial charge in [-0.2, -0.15) is 11.8 Å². The largest absolute Gasteiger partial charge is 0.507 e. The third kappa shape index (κ3) is 4.95. The fraction of sp³-hybridized carbons (Fsp3) is 0.586. The number of hydrogen-bond acceptors (Lipinski definition) is 12. The van der Waals surface area contributed by atoms with E-state index in [1.807, 2.05) is 19.0 Å². The van der Waals surface area contributed by atoms with Crippen molar-refractivity contribution in [3.63, 3.8) is 0 Å². The Bertz CT molecular complexity index is 1330. The number of aliphatic hydroxyl groups is 1. The minimum Gasteiger partial charge on any atom is -0.507 e. The molecule has 2 unspecified atom stereocenters. The molecule has 1 aromatic carbocycles. The van der Waals surface area contributed by atoms with E-state index >= 15 is 0 Å². The van der Waals surface area contributed by atoms with Gasteiger partial charge in [0.1, 0.15) is 11.9 Å². The van der Waals surface area contributed by atoms with Crippen LogP contribution in [0.1, 0.15) is 35.2 Å². The van der Waals surface area contributed by atoms with Gasteiger partial charge in [-0.3, -0.25) is 33.7 Å². The van der Waals surface area contributed by atoms with Gasteiger partial charge in [0.2, 0.25) is 5.91 Å². The second-order valence-corrected chi connectivity index (χ2v) is 12.8. The number of aromatic hydroxyl groups is 1. The predicted octanol–water partition coefficient (Wildman–Crippen LogP) is -0.365. The van der Waals surface area contributed by atoms with Crippen molar-refractivity contribution in [1.29, 1.82) is 0 Å². The fourth-order valence-electron chi connectivity index (χ4n) is 6.78. The van der Waals surface area contributed by atoms with Crippen LogP contribution in [-0.2, 0) is 28.7 Å². The molecule has 1 aromatic rings. The number of nitrogens with zero attached hydrogens (tertiary/aromatic N) is 2. The molecule has 12 nitrogen and oxygen atoms in total. The maximum absolute atomic E-state index is 14.4. The van der Waals surface area contributed by atoms with Crippen LogP contribution in [0.25, 0.3) is 0 Å². The number of hydrogen-bond donors (Lipinski definition) is 3. The predicted molar refractivity (Wildman–Crippen MR) is 152 cm³/mol. The van der Waals surface area contributed by atoms with Gasteiger partial charge in [-0.15, -0.1) is 0 Å².